The minimum Gasteiger partial charge on any atom is -0.361 e. The molecule has 1 aromatic carbocycles. The highest BCUT2D eigenvalue weighted by atomic mass is 35.5. The standard InChI is InChI=1S/C15H14Cl2N2O2/c1-8-5-14(18-21-8)15(20)19-4-3-10-6-12(16)13(17)7-11(10)9(19)2/h5-7,9H,3-4H2,1-2H3. The second-order valence-corrected chi connectivity index (χ2v) is 6.03. The van der Waals surface area contributed by atoms with Crippen LogP contribution in [0.5, 0.6) is 0 Å². The summed E-state index contributed by atoms with van der Waals surface area (Å²) in [6, 6.07) is 5.31. The van der Waals surface area contributed by atoms with Gasteiger partial charge in [0.25, 0.3) is 5.91 Å². The topological polar surface area (TPSA) is 46.3 Å². The van der Waals surface area contributed by atoms with E-state index in [9.17, 15) is 4.79 Å². The maximum atomic E-state index is 12.5. The number of aromatic nitrogens is 1. The highest BCUT2D eigenvalue weighted by Gasteiger charge is 2.30. The molecule has 0 radical (unpaired) electrons. The van der Waals surface area contributed by atoms with Crippen molar-refractivity contribution in [2.45, 2.75) is 26.3 Å². The van der Waals surface area contributed by atoms with Crippen molar-refractivity contribution in [1.82, 2.24) is 10.1 Å². The number of benzene rings is 1. The molecular weight excluding hydrogens is 311 g/mol. The Balaban J connectivity index is 1.93. The molecule has 110 valence electrons. The molecule has 2 aromatic rings. The van der Waals surface area contributed by atoms with Crippen LogP contribution in [0.4, 0.5) is 0 Å². The van der Waals surface area contributed by atoms with Gasteiger partial charge in [0.1, 0.15) is 5.76 Å². The molecule has 0 saturated carbocycles. The lowest BCUT2D eigenvalue weighted by atomic mass is 9.93. The van der Waals surface area contributed by atoms with Gasteiger partial charge in [0.15, 0.2) is 5.69 Å². The van der Waals surface area contributed by atoms with Gasteiger partial charge in [-0.1, -0.05) is 28.4 Å². The van der Waals surface area contributed by atoms with Gasteiger partial charge in [0, 0.05) is 12.6 Å². The number of halogens is 2. The molecule has 1 amide bonds. The zero-order valence-corrected chi connectivity index (χ0v) is 13.2. The van der Waals surface area contributed by atoms with Crippen LogP contribution in [0.2, 0.25) is 10.0 Å². The Morgan fingerprint density at radius 3 is 2.71 bits per heavy atom. The number of nitrogens with zero attached hydrogens (tertiary/aromatic N) is 2. The van der Waals surface area contributed by atoms with E-state index in [-0.39, 0.29) is 11.9 Å². The van der Waals surface area contributed by atoms with E-state index in [0.29, 0.717) is 28.0 Å². The minimum atomic E-state index is -0.129. The van der Waals surface area contributed by atoms with Crippen molar-refractivity contribution >= 4 is 29.1 Å². The van der Waals surface area contributed by atoms with E-state index in [0.717, 1.165) is 17.5 Å². The highest BCUT2D eigenvalue weighted by Crippen LogP contribution is 2.35. The van der Waals surface area contributed by atoms with Crippen molar-refractivity contribution in [3.8, 4) is 0 Å². The Hall–Kier alpha value is -1.52. The van der Waals surface area contributed by atoms with E-state index in [2.05, 4.69) is 5.16 Å². The summed E-state index contributed by atoms with van der Waals surface area (Å²) in [4.78, 5) is 14.3. The molecule has 0 N–H and O–H groups in total. The van der Waals surface area contributed by atoms with Crippen molar-refractivity contribution in [1.29, 1.82) is 0 Å². The normalized spacial score (nSPS) is 17.7. The van der Waals surface area contributed by atoms with Gasteiger partial charge in [-0.25, -0.2) is 0 Å². The second kappa shape index (κ2) is 5.35. The summed E-state index contributed by atoms with van der Waals surface area (Å²) in [5.41, 5.74) is 2.50. The van der Waals surface area contributed by atoms with Crippen LogP contribution in [0.15, 0.2) is 22.7 Å². The first-order valence-electron chi connectivity index (χ1n) is 6.69. The monoisotopic (exact) mass is 324 g/mol. The summed E-state index contributed by atoms with van der Waals surface area (Å²) >= 11 is 12.2. The van der Waals surface area contributed by atoms with Crippen LogP contribution in [-0.4, -0.2) is 22.5 Å². The number of hydrogen-bond donors (Lipinski definition) is 0. The molecule has 1 unspecified atom stereocenters. The Kier molecular flexibility index (Phi) is 3.68. The van der Waals surface area contributed by atoms with Crippen LogP contribution in [0, 0.1) is 6.92 Å². The number of carbonyl (C=O) groups is 1. The largest absolute Gasteiger partial charge is 0.361 e. The number of carbonyl (C=O) groups excluding carboxylic acids is 1. The van der Waals surface area contributed by atoms with E-state index in [4.69, 9.17) is 27.7 Å². The molecule has 1 atom stereocenters. The van der Waals surface area contributed by atoms with E-state index >= 15 is 0 Å². The lowest BCUT2D eigenvalue weighted by Gasteiger charge is -2.35. The first kappa shape index (κ1) is 14.4. The quantitative estimate of drug-likeness (QED) is 0.795. The van der Waals surface area contributed by atoms with Crippen LogP contribution in [-0.2, 0) is 6.42 Å². The number of amides is 1. The van der Waals surface area contributed by atoms with Crippen LogP contribution in [0.1, 0.15) is 40.3 Å². The molecule has 3 rings (SSSR count). The zero-order valence-electron chi connectivity index (χ0n) is 11.7. The van der Waals surface area contributed by atoms with E-state index in [1.165, 1.54) is 0 Å². The average molecular weight is 325 g/mol. The Morgan fingerprint density at radius 2 is 2.05 bits per heavy atom. The molecule has 1 aliphatic heterocycles. The summed E-state index contributed by atoms with van der Waals surface area (Å²) in [6.45, 7) is 4.37. The molecule has 6 heteroatoms. The van der Waals surface area contributed by atoms with Gasteiger partial charge in [0.05, 0.1) is 16.1 Å². The molecule has 0 spiro atoms. The van der Waals surface area contributed by atoms with Gasteiger partial charge in [-0.2, -0.15) is 0 Å². The molecule has 0 aliphatic carbocycles. The van der Waals surface area contributed by atoms with E-state index < -0.39 is 0 Å². The van der Waals surface area contributed by atoms with Gasteiger partial charge >= 0.3 is 0 Å². The molecular formula is C15H14Cl2N2O2. The Bertz CT molecular complexity index is 712. The molecule has 1 aromatic heterocycles. The molecule has 2 heterocycles. The predicted molar refractivity (Wildman–Crippen MR) is 80.9 cm³/mol. The van der Waals surface area contributed by atoms with Gasteiger partial charge in [-0.05, 0) is 43.5 Å². The van der Waals surface area contributed by atoms with Crippen molar-refractivity contribution in [3.63, 3.8) is 0 Å². The molecule has 0 saturated heterocycles. The average Bonchev–Trinajstić information content (AvgIpc) is 2.87. The highest BCUT2D eigenvalue weighted by molar-refractivity contribution is 6.42. The third-order valence-corrected chi connectivity index (χ3v) is 4.55. The van der Waals surface area contributed by atoms with Crippen molar-refractivity contribution < 1.29 is 9.32 Å². The van der Waals surface area contributed by atoms with Gasteiger partial charge in [0.2, 0.25) is 0 Å². The third kappa shape index (κ3) is 2.54. The SMILES string of the molecule is Cc1cc(C(=O)N2CCc3cc(Cl)c(Cl)cc3C2C)no1. The zero-order chi connectivity index (χ0) is 15.1. The number of fused-ring (bicyclic) bond motifs is 1. The molecule has 0 fully saturated rings. The van der Waals surface area contributed by atoms with Crippen LogP contribution >= 0.6 is 23.2 Å². The molecule has 0 bridgehead atoms. The predicted octanol–water partition coefficient (Wildman–Crippen LogP) is 4.05. The third-order valence-electron chi connectivity index (χ3n) is 3.83. The minimum absolute atomic E-state index is 0.0759. The smallest absolute Gasteiger partial charge is 0.276 e. The van der Waals surface area contributed by atoms with E-state index in [1.807, 2.05) is 19.1 Å². The lowest BCUT2D eigenvalue weighted by Crippen LogP contribution is -2.39. The van der Waals surface area contributed by atoms with Crippen molar-refractivity contribution in [2.24, 2.45) is 0 Å². The first-order valence-corrected chi connectivity index (χ1v) is 7.45. The Labute approximate surface area is 132 Å². The van der Waals surface area contributed by atoms with Crippen LogP contribution in [0.25, 0.3) is 0 Å². The van der Waals surface area contributed by atoms with Crippen molar-refractivity contribution in [3.05, 3.63) is 50.8 Å². The summed E-state index contributed by atoms with van der Waals surface area (Å²) < 4.78 is 4.98. The second-order valence-electron chi connectivity index (χ2n) is 5.21. The maximum absolute atomic E-state index is 12.5. The summed E-state index contributed by atoms with van der Waals surface area (Å²) in [6.07, 6.45) is 0.749. The maximum Gasteiger partial charge on any atom is 0.276 e. The molecule has 4 nitrogen and oxygen atoms in total. The summed E-state index contributed by atoms with van der Waals surface area (Å²) in [5.74, 6) is 0.495. The van der Waals surface area contributed by atoms with Gasteiger partial charge in [-0.15, -0.1) is 0 Å². The van der Waals surface area contributed by atoms with Gasteiger partial charge < -0.3 is 9.42 Å². The van der Waals surface area contributed by atoms with Gasteiger partial charge in [-0.3, -0.25) is 4.79 Å². The lowest BCUT2D eigenvalue weighted by molar-refractivity contribution is 0.0667. The van der Waals surface area contributed by atoms with Crippen molar-refractivity contribution in [2.75, 3.05) is 6.54 Å². The number of rotatable bonds is 1. The van der Waals surface area contributed by atoms with Crippen LogP contribution in [0.3, 0.4) is 0 Å². The molecule has 21 heavy (non-hydrogen) atoms. The Morgan fingerprint density at radius 1 is 1.33 bits per heavy atom. The van der Waals surface area contributed by atoms with E-state index in [1.54, 1.807) is 17.9 Å². The fraction of sp³-hybridized carbons (Fsp3) is 0.333. The molecule has 1 aliphatic rings. The first-order chi connectivity index (χ1) is 9.97. The number of aryl methyl sites for hydroxylation is 1. The fourth-order valence-electron chi connectivity index (χ4n) is 2.70. The fourth-order valence-corrected chi connectivity index (χ4v) is 3.06. The van der Waals surface area contributed by atoms with Crippen LogP contribution < -0.4 is 0 Å². The summed E-state index contributed by atoms with van der Waals surface area (Å²) in [7, 11) is 0. The summed E-state index contributed by atoms with van der Waals surface area (Å²) in [5, 5.41) is 4.86. The number of hydrogen-bond acceptors (Lipinski definition) is 3.